The predicted octanol–water partition coefficient (Wildman–Crippen LogP) is -36.8. The van der Waals surface area contributed by atoms with Crippen molar-refractivity contribution < 1.29 is 448 Å². The molecular weight excluding hydrogens is 479 g/mol. The summed E-state index contributed by atoms with van der Waals surface area (Å²) in [4.78, 5) is 25.7. The summed E-state index contributed by atoms with van der Waals surface area (Å²) < 4.78 is 0. The molecule has 0 unspecified atom stereocenters. The predicted molar refractivity (Wildman–Crippen MR) is 46.4 cm³/mol. The van der Waals surface area contributed by atoms with Gasteiger partial charge in [-0.2, -0.15) is 0 Å². The Morgan fingerprint density at radius 3 is 0.320 bits per heavy atom. The molecule has 98 valence electrons. The van der Waals surface area contributed by atoms with Gasteiger partial charge < -0.3 is 49.2 Å². The molecule has 0 aliphatic carbocycles. The molecule has 9 nitrogen and oxygen atoms in total. The van der Waals surface area contributed by atoms with Crippen LogP contribution < -0.4 is 384 Å². The first-order valence-electron chi connectivity index (χ1n) is 1.95. The molecule has 0 bridgehead atoms. The first-order chi connectivity index (χ1) is 5.20. The van der Waals surface area contributed by atoms with Crippen molar-refractivity contribution in [1.82, 2.24) is 0 Å². The second-order valence-corrected chi connectivity index (χ2v) is 0.848. The van der Waals surface area contributed by atoms with E-state index < -0.39 is 18.5 Å². The van der Waals surface area contributed by atoms with Crippen LogP contribution in [0.25, 0.3) is 0 Å². The summed E-state index contributed by atoms with van der Waals surface area (Å²) in [6, 6.07) is 0. The van der Waals surface area contributed by atoms with Crippen molar-refractivity contribution in [2.45, 2.75) is 0 Å². The van der Waals surface area contributed by atoms with Gasteiger partial charge in [0.25, 0.3) is 0 Å². The summed E-state index contributed by atoms with van der Waals surface area (Å²) in [5.41, 5.74) is 0. The van der Waals surface area contributed by atoms with Crippen LogP contribution in [0.2, 0.25) is 0 Å². The van der Waals surface area contributed by atoms with Crippen LogP contribution in [0.15, 0.2) is 0 Å². The molecule has 0 rings (SSSR count). The number of rotatable bonds is 0. The molecule has 0 spiro atoms. The summed E-state index contributed by atoms with van der Waals surface area (Å²) in [6.45, 7) is 0. The summed E-state index contributed by atoms with van der Waals surface area (Å²) in [7, 11) is 0. The normalized spacial score (nSPS) is 2.88. The van der Waals surface area contributed by atoms with E-state index in [0.29, 0.717) is 0 Å². The molecular formula is C3H19Na13O9. The zero-order chi connectivity index (χ0) is 10.7. The minimum Gasteiger partial charge on any atom is -1.00 e. The third kappa shape index (κ3) is 321. The topological polar surface area (TPSA) is 173 Å². The average molecular weight is 498 g/mol. The largest absolute Gasteiger partial charge is 1.00 e. The fourth-order valence-corrected chi connectivity index (χ4v) is 0. The second kappa shape index (κ2) is 101. The van der Waals surface area contributed by atoms with Gasteiger partial charge in [-0.05, 0) is 0 Å². The molecule has 0 aliphatic rings. The van der Waals surface area contributed by atoms with Gasteiger partial charge in [0.2, 0.25) is 0 Å². The monoisotopic (exact) mass is 498 g/mol. The molecule has 25 heavy (non-hydrogen) atoms. The van der Waals surface area contributed by atoms with Crippen LogP contribution in [0.1, 0.15) is 18.5 Å². The second-order valence-electron chi connectivity index (χ2n) is 0.848. The van der Waals surface area contributed by atoms with Gasteiger partial charge in [-0.3, -0.25) is 0 Å². The first kappa shape index (κ1) is 111. The molecule has 0 saturated heterocycles. The van der Waals surface area contributed by atoms with Crippen molar-refractivity contribution in [3.8, 4) is 0 Å². The molecule has 0 fully saturated rings. The Bertz CT molecular complexity index is 168. The first-order valence-corrected chi connectivity index (χ1v) is 1.95. The Kier molecular flexibility index (Phi) is 448. The van der Waals surface area contributed by atoms with Crippen LogP contribution in [-0.4, -0.2) is 49.1 Å². The van der Waals surface area contributed by atoms with E-state index >= 15 is 0 Å². The third-order valence-corrected chi connectivity index (χ3v) is 0. The number of carbonyl (C=O) groups is 3. The Balaban J connectivity index is -0.000000000882. The molecule has 0 atom stereocenters. The SMILES string of the molecule is O=C(O)O.O=C(O)O.O=C(O)O.[H-].[H-].[H-].[H-].[H-].[H-].[H-].[H-].[H-].[H-].[H-].[H-].[H-].[Na+].[Na+].[Na+].[Na+].[Na+].[Na+].[Na+].[Na+].[Na+].[Na+].[Na+].[Na+].[Na+]. The standard InChI is InChI=1S/3CH2O3.13Na.13H/c3*2-1(3)4;;;;;;;;;;;;;;;;;;;;;;;;;;/h3*(H2,2,3,4);;;;;;;;;;;;;;;;;;;;;;;;;;/q;;;13*+1;13*-1. The Morgan fingerprint density at radius 2 is 0.320 bits per heavy atom. The number of hydrogen-bond acceptors (Lipinski definition) is 3. The Morgan fingerprint density at radius 1 is 0.320 bits per heavy atom. The quantitative estimate of drug-likeness (QED) is 0.178. The van der Waals surface area contributed by atoms with Crippen molar-refractivity contribution in [2.75, 3.05) is 0 Å². The van der Waals surface area contributed by atoms with Gasteiger partial charge in [0.1, 0.15) is 0 Å². The Labute approximate surface area is 453 Å². The Hall–Kier alpha value is 10.8. The maximum atomic E-state index is 8.56. The summed E-state index contributed by atoms with van der Waals surface area (Å²) in [5.74, 6) is 0. The molecule has 0 radical (unpaired) electrons. The van der Waals surface area contributed by atoms with E-state index in [1.165, 1.54) is 0 Å². The van der Waals surface area contributed by atoms with E-state index in [1.807, 2.05) is 0 Å². The van der Waals surface area contributed by atoms with Crippen LogP contribution in [0.3, 0.4) is 0 Å². The summed E-state index contributed by atoms with van der Waals surface area (Å²) in [5, 5.41) is 41.8. The van der Waals surface area contributed by atoms with Crippen molar-refractivity contribution in [1.29, 1.82) is 0 Å². The van der Waals surface area contributed by atoms with E-state index in [1.54, 1.807) is 0 Å². The molecule has 0 heterocycles. The summed E-state index contributed by atoms with van der Waals surface area (Å²) >= 11 is 0. The number of carboxylic acid groups (broad SMARTS) is 6. The van der Waals surface area contributed by atoms with E-state index in [0.717, 1.165) is 0 Å². The number of hydrogen-bond donors (Lipinski definition) is 6. The van der Waals surface area contributed by atoms with Crippen LogP contribution in [0, 0.1) is 0 Å². The van der Waals surface area contributed by atoms with Gasteiger partial charge in [-0.15, -0.1) is 0 Å². The molecule has 6 N–H and O–H groups in total. The van der Waals surface area contributed by atoms with E-state index in [2.05, 4.69) is 0 Å². The molecule has 0 aromatic rings. The van der Waals surface area contributed by atoms with Crippen LogP contribution >= 0.6 is 0 Å². The smallest absolute Gasteiger partial charge is 1.00 e. The zero-order valence-corrected chi connectivity index (χ0v) is 44.4. The molecule has 0 saturated carbocycles. The zero-order valence-electron chi connectivity index (χ0n) is 31.4. The van der Waals surface area contributed by atoms with Gasteiger partial charge in [-0.25, -0.2) is 14.4 Å². The molecule has 0 aliphatic heterocycles. The minimum atomic E-state index is -1.83. The molecule has 0 aromatic carbocycles. The molecule has 0 amide bonds. The van der Waals surface area contributed by atoms with Gasteiger partial charge in [0.05, 0.1) is 0 Å². The van der Waals surface area contributed by atoms with Crippen LogP contribution in [-0.2, 0) is 0 Å². The van der Waals surface area contributed by atoms with Crippen molar-refractivity contribution in [2.24, 2.45) is 0 Å². The average Bonchev–Trinajstić information content (AvgIpc) is 1.54. The summed E-state index contributed by atoms with van der Waals surface area (Å²) in [6.07, 6.45) is -5.50. The van der Waals surface area contributed by atoms with Gasteiger partial charge >= 0.3 is 403 Å². The van der Waals surface area contributed by atoms with E-state index in [4.69, 9.17) is 45.0 Å². The van der Waals surface area contributed by atoms with Crippen LogP contribution in [0.5, 0.6) is 0 Å². The van der Waals surface area contributed by atoms with Crippen molar-refractivity contribution in [3.05, 3.63) is 0 Å². The van der Waals surface area contributed by atoms with Crippen molar-refractivity contribution in [3.63, 3.8) is 0 Å². The fourth-order valence-electron chi connectivity index (χ4n) is 0. The van der Waals surface area contributed by atoms with E-state index in [-0.39, 0.29) is 403 Å². The maximum Gasteiger partial charge on any atom is 1.00 e. The van der Waals surface area contributed by atoms with Gasteiger partial charge in [0.15, 0.2) is 0 Å². The van der Waals surface area contributed by atoms with Gasteiger partial charge in [0, 0.05) is 0 Å². The third-order valence-electron chi connectivity index (χ3n) is 0. The van der Waals surface area contributed by atoms with Crippen molar-refractivity contribution >= 4 is 18.5 Å². The van der Waals surface area contributed by atoms with E-state index in [9.17, 15) is 0 Å². The molecule has 0 aromatic heterocycles. The van der Waals surface area contributed by atoms with Gasteiger partial charge in [-0.1, -0.05) is 0 Å². The fraction of sp³-hybridized carbons (Fsp3) is 0. The minimum absolute atomic E-state index is 0. The maximum absolute atomic E-state index is 8.56. The molecule has 22 heteroatoms. The van der Waals surface area contributed by atoms with Crippen LogP contribution in [0.4, 0.5) is 14.4 Å².